The van der Waals surface area contributed by atoms with E-state index in [4.69, 9.17) is 0 Å². The third kappa shape index (κ3) is 6.70. The number of rotatable bonds is 8. The van der Waals surface area contributed by atoms with Crippen LogP contribution >= 0.6 is 11.8 Å². The van der Waals surface area contributed by atoms with E-state index in [1.54, 1.807) is 6.08 Å². The minimum atomic E-state index is -0.421. The molecule has 168 valence electrons. The third-order valence-electron chi connectivity index (χ3n) is 4.98. The number of hydrogen-bond donors (Lipinski definition) is 2. The van der Waals surface area contributed by atoms with E-state index in [0.717, 1.165) is 21.7 Å². The first-order chi connectivity index (χ1) is 16.7. The van der Waals surface area contributed by atoms with Crippen molar-refractivity contribution in [3.63, 3.8) is 0 Å². The van der Waals surface area contributed by atoms with Gasteiger partial charge in [0.25, 0.3) is 0 Å². The van der Waals surface area contributed by atoms with Gasteiger partial charge in [0, 0.05) is 22.3 Å². The number of nitrogens with one attached hydrogen (secondary N) is 2. The molecule has 0 radical (unpaired) electrons. The van der Waals surface area contributed by atoms with Gasteiger partial charge in [0.15, 0.2) is 0 Å². The van der Waals surface area contributed by atoms with Gasteiger partial charge >= 0.3 is 0 Å². The van der Waals surface area contributed by atoms with Crippen molar-refractivity contribution in [3.05, 3.63) is 132 Å². The van der Waals surface area contributed by atoms with Crippen molar-refractivity contribution in [2.75, 3.05) is 10.6 Å². The number of benzene rings is 4. The van der Waals surface area contributed by atoms with Crippen LogP contribution in [0.25, 0.3) is 6.08 Å². The number of thioether (sulfide) groups is 1. The van der Waals surface area contributed by atoms with Crippen LogP contribution in [0.2, 0.25) is 0 Å². The van der Waals surface area contributed by atoms with Crippen molar-refractivity contribution < 1.29 is 9.59 Å². The summed E-state index contributed by atoms with van der Waals surface area (Å²) in [7, 11) is 0. The molecule has 4 rings (SSSR count). The smallest absolute Gasteiger partial charge is 0.248 e. The van der Waals surface area contributed by atoms with Crippen molar-refractivity contribution >= 4 is 41.0 Å². The van der Waals surface area contributed by atoms with Crippen molar-refractivity contribution in [1.82, 2.24) is 0 Å². The first-order valence-electron chi connectivity index (χ1n) is 10.9. The summed E-state index contributed by atoms with van der Waals surface area (Å²) in [6.07, 6.45) is 3.28. The largest absolute Gasteiger partial charge is 0.325 e. The van der Waals surface area contributed by atoms with E-state index >= 15 is 0 Å². The van der Waals surface area contributed by atoms with Gasteiger partial charge in [0.05, 0.1) is 0 Å². The highest BCUT2D eigenvalue weighted by molar-refractivity contribution is 8.00. The molecule has 0 bridgehead atoms. The van der Waals surface area contributed by atoms with Crippen LogP contribution in [0.15, 0.2) is 126 Å². The predicted octanol–water partition coefficient (Wildman–Crippen LogP) is 6.81. The van der Waals surface area contributed by atoms with Gasteiger partial charge in [0.2, 0.25) is 11.8 Å². The Morgan fingerprint density at radius 3 is 1.85 bits per heavy atom. The molecule has 4 nitrogen and oxygen atoms in total. The molecule has 4 aromatic carbocycles. The lowest BCUT2D eigenvalue weighted by molar-refractivity contribution is -0.116. The monoisotopic (exact) mass is 464 g/mol. The molecular formula is C29H24N2O2S. The summed E-state index contributed by atoms with van der Waals surface area (Å²) in [5.74, 6) is -0.292. The number of amides is 2. The second-order valence-corrected chi connectivity index (χ2v) is 8.70. The molecule has 34 heavy (non-hydrogen) atoms. The second-order valence-electron chi connectivity index (χ2n) is 7.52. The Morgan fingerprint density at radius 1 is 0.647 bits per heavy atom. The van der Waals surface area contributed by atoms with Crippen molar-refractivity contribution in [3.8, 4) is 0 Å². The second kappa shape index (κ2) is 11.7. The summed E-state index contributed by atoms with van der Waals surface area (Å²) < 4.78 is 0. The summed E-state index contributed by atoms with van der Waals surface area (Å²) in [6, 6.07) is 36.3. The molecule has 1 atom stereocenters. The molecule has 2 amide bonds. The predicted molar refractivity (Wildman–Crippen MR) is 141 cm³/mol. The fraction of sp³-hybridized carbons (Fsp3) is 0.0345. The molecule has 5 heteroatoms. The number of carbonyl (C=O) groups is 2. The first kappa shape index (κ1) is 23.1. The lowest BCUT2D eigenvalue weighted by Crippen LogP contribution is -2.19. The summed E-state index contributed by atoms with van der Waals surface area (Å²) in [4.78, 5) is 26.3. The average Bonchev–Trinajstić information content (AvgIpc) is 2.89. The minimum Gasteiger partial charge on any atom is -0.325 e. The van der Waals surface area contributed by atoms with E-state index in [2.05, 4.69) is 10.6 Å². The molecule has 0 aliphatic rings. The van der Waals surface area contributed by atoms with Crippen LogP contribution in [0.5, 0.6) is 0 Å². The average molecular weight is 465 g/mol. The van der Waals surface area contributed by atoms with Crippen LogP contribution in [0.3, 0.4) is 0 Å². The van der Waals surface area contributed by atoms with E-state index in [9.17, 15) is 9.59 Å². The standard InChI is InChI=1S/C29H24N2O2S/c32-27(21-16-22-10-4-1-5-11-22)30-25-17-19-26(20-18-25)34-28(23-12-6-2-7-13-23)29(33)31-24-14-8-3-9-15-24/h1-21,28H,(H,30,32)(H,31,33)/b21-16+. The number of anilines is 2. The van der Waals surface area contributed by atoms with E-state index in [1.807, 2.05) is 115 Å². The molecule has 0 spiro atoms. The molecule has 0 aliphatic heterocycles. The highest BCUT2D eigenvalue weighted by Crippen LogP contribution is 2.36. The van der Waals surface area contributed by atoms with Crippen molar-refractivity contribution in [1.29, 1.82) is 0 Å². The van der Waals surface area contributed by atoms with Gasteiger partial charge in [-0.1, -0.05) is 78.9 Å². The fourth-order valence-electron chi connectivity index (χ4n) is 3.30. The highest BCUT2D eigenvalue weighted by atomic mass is 32.2. The molecule has 1 unspecified atom stereocenters. The summed E-state index contributed by atoms with van der Waals surface area (Å²) in [5.41, 5.74) is 3.34. The maximum atomic E-state index is 13.1. The molecular weight excluding hydrogens is 440 g/mol. The maximum Gasteiger partial charge on any atom is 0.248 e. The van der Waals surface area contributed by atoms with Gasteiger partial charge in [-0.2, -0.15) is 0 Å². The lowest BCUT2D eigenvalue weighted by atomic mass is 10.1. The molecule has 0 saturated carbocycles. The van der Waals surface area contributed by atoms with Gasteiger partial charge in [-0.15, -0.1) is 11.8 Å². The van der Waals surface area contributed by atoms with Gasteiger partial charge in [-0.05, 0) is 53.6 Å². The molecule has 0 aromatic heterocycles. The van der Waals surface area contributed by atoms with Crippen molar-refractivity contribution in [2.24, 2.45) is 0 Å². The van der Waals surface area contributed by atoms with Crippen LogP contribution in [0.4, 0.5) is 11.4 Å². The number of para-hydroxylation sites is 1. The van der Waals surface area contributed by atoms with E-state index in [0.29, 0.717) is 5.69 Å². The zero-order chi connectivity index (χ0) is 23.6. The van der Waals surface area contributed by atoms with Crippen LogP contribution < -0.4 is 10.6 Å². The Bertz CT molecular complexity index is 1240. The van der Waals surface area contributed by atoms with E-state index < -0.39 is 5.25 Å². The molecule has 4 aromatic rings. The Hall–Kier alpha value is -4.09. The SMILES string of the molecule is O=C(/C=C/c1ccccc1)Nc1ccc(SC(C(=O)Nc2ccccc2)c2ccccc2)cc1. The fourth-order valence-corrected chi connectivity index (χ4v) is 4.33. The minimum absolute atomic E-state index is 0.0918. The Balaban J connectivity index is 1.43. The van der Waals surface area contributed by atoms with Crippen LogP contribution in [0.1, 0.15) is 16.4 Å². The molecule has 0 fully saturated rings. The van der Waals surface area contributed by atoms with Gasteiger partial charge in [-0.3, -0.25) is 9.59 Å². The number of carbonyl (C=O) groups excluding carboxylic acids is 2. The molecule has 0 heterocycles. The normalized spacial score (nSPS) is 11.6. The van der Waals surface area contributed by atoms with E-state index in [1.165, 1.54) is 17.8 Å². The van der Waals surface area contributed by atoms with E-state index in [-0.39, 0.29) is 11.8 Å². The lowest BCUT2D eigenvalue weighted by Gasteiger charge is -2.17. The van der Waals surface area contributed by atoms with Crippen LogP contribution in [-0.2, 0) is 9.59 Å². The summed E-state index contributed by atoms with van der Waals surface area (Å²) in [5, 5.41) is 5.45. The summed E-state index contributed by atoms with van der Waals surface area (Å²) in [6.45, 7) is 0. The molecule has 0 aliphatic carbocycles. The number of hydrogen-bond acceptors (Lipinski definition) is 3. The Morgan fingerprint density at radius 2 is 1.21 bits per heavy atom. The molecule has 2 N–H and O–H groups in total. The Kier molecular flexibility index (Phi) is 7.93. The van der Waals surface area contributed by atoms with Crippen molar-refractivity contribution in [2.45, 2.75) is 10.1 Å². The highest BCUT2D eigenvalue weighted by Gasteiger charge is 2.22. The van der Waals surface area contributed by atoms with Crippen LogP contribution in [0, 0.1) is 0 Å². The maximum absolute atomic E-state index is 13.1. The molecule has 0 saturated heterocycles. The first-order valence-corrected chi connectivity index (χ1v) is 11.8. The Labute approximate surface area is 203 Å². The zero-order valence-corrected chi connectivity index (χ0v) is 19.2. The van der Waals surface area contributed by atoms with Gasteiger partial charge in [-0.25, -0.2) is 0 Å². The zero-order valence-electron chi connectivity index (χ0n) is 18.4. The van der Waals surface area contributed by atoms with Gasteiger partial charge < -0.3 is 10.6 Å². The van der Waals surface area contributed by atoms with Gasteiger partial charge in [0.1, 0.15) is 5.25 Å². The topological polar surface area (TPSA) is 58.2 Å². The van der Waals surface area contributed by atoms with Crippen LogP contribution in [-0.4, -0.2) is 11.8 Å². The summed E-state index contributed by atoms with van der Waals surface area (Å²) >= 11 is 1.47. The quantitative estimate of drug-likeness (QED) is 0.222. The third-order valence-corrected chi connectivity index (χ3v) is 6.25.